The van der Waals surface area contributed by atoms with Crippen LogP contribution in [0.4, 0.5) is 4.39 Å². The van der Waals surface area contributed by atoms with Crippen LogP contribution in [0.3, 0.4) is 0 Å². The van der Waals surface area contributed by atoms with Crippen LogP contribution in [-0.4, -0.2) is 31.9 Å². The van der Waals surface area contributed by atoms with Crippen molar-refractivity contribution < 1.29 is 12.8 Å². The molecule has 0 radical (unpaired) electrons. The van der Waals surface area contributed by atoms with Crippen molar-refractivity contribution in [3.63, 3.8) is 0 Å². The highest BCUT2D eigenvalue weighted by Gasteiger charge is 2.34. The number of nitrogens with zero attached hydrogens (tertiary/aromatic N) is 2. The molecule has 1 heterocycles. The molecular weight excluding hydrogens is 317 g/mol. The van der Waals surface area contributed by atoms with Gasteiger partial charge in [0.15, 0.2) is 0 Å². The lowest BCUT2D eigenvalue weighted by Crippen LogP contribution is -2.33. The molecule has 0 amide bonds. The van der Waals surface area contributed by atoms with E-state index in [-0.39, 0.29) is 34.8 Å². The Morgan fingerprint density at radius 3 is 2.71 bits per heavy atom. The van der Waals surface area contributed by atoms with Crippen molar-refractivity contribution in [2.75, 3.05) is 13.1 Å². The van der Waals surface area contributed by atoms with Gasteiger partial charge in [-0.3, -0.25) is 0 Å². The van der Waals surface area contributed by atoms with Gasteiger partial charge in [-0.25, -0.2) is 12.8 Å². The number of nitrogens with two attached hydrogens (primary N) is 1. The Kier molecular flexibility index (Phi) is 5.70. The van der Waals surface area contributed by atoms with Crippen molar-refractivity contribution in [2.45, 2.75) is 24.3 Å². The molecule has 116 valence electrons. The fraction of sp³-hybridized carbons (Fsp3) is 0.462. The fourth-order valence-corrected chi connectivity index (χ4v) is 3.84. The van der Waals surface area contributed by atoms with Gasteiger partial charge in [-0.05, 0) is 37.5 Å². The Labute approximate surface area is 130 Å². The van der Waals surface area contributed by atoms with Crippen molar-refractivity contribution in [1.82, 2.24) is 4.31 Å². The van der Waals surface area contributed by atoms with Gasteiger partial charge >= 0.3 is 0 Å². The van der Waals surface area contributed by atoms with Crippen LogP contribution in [0.15, 0.2) is 23.1 Å². The summed E-state index contributed by atoms with van der Waals surface area (Å²) in [6, 6.07) is 4.84. The lowest BCUT2D eigenvalue weighted by Gasteiger charge is -2.18. The van der Waals surface area contributed by atoms with E-state index < -0.39 is 15.8 Å². The predicted octanol–water partition coefficient (Wildman–Crippen LogP) is 1.48. The summed E-state index contributed by atoms with van der Waals surface area (Å²) in [5, 5.41) is 8.77. The lowest BCUT2D eigenvalue weighted by molar-refractivity contribution is 0.429. The monoisotopic (exact) mass is 333 g/mol. The lowest BCUT2D eigenvalue weighted by atomic mass is 10.0. The van der Waals surface area contributed by atoms with Crippen LogP contribution in [-0.2, 0) is 10.0 Å². The summed E-state index contributed by atoms with van der Waals surface area (Å²) in [4.78, 5) is -0.0548. The van der Waals surface area contributed by atoms with Crippen molar-refractivity contribution in [3.05, 3.63) is 29.6 Å². The number of hydrogen-bond donors (Lipinski definition) is 1. The van der Waals surface area contributed by atoms with Crippen molar-refractivity contribution in [3.8, 4) is 6.07 Å². The molecular formula is C13H17ClFN3O2S. The van der Waals surface area contributed by atoms with E-state index in [1.807, 2.05) is 6.92 Å². The van der Waals surface area contributed by atoms with Gasteiger partial charge < -0.3 is 5.73 Å². The second-order valence-corrected chi connectivity index (χ2v) is 6.96. The molecule has 0 bridgehead atoms. The molecule has 21 heavy (non-hydrogen) atoms. The molecule has 1 aromatic carbocycles. The molecule has 0 aromatic heterocycles. The fourth-order valence-electron chi connectivity index (χ4n) is 2.30. The highest BCUT2D eigenvalue weighted by atomic mass is 35.5. The van der Waals surface area contributed by atoms with E-state index in [0.717, 1.165) is 12.1 Å². The summed E-state index contributed by atoms with van der Waals surface area (Å²) < 4.78 is 39.5. The second-order valence-electron chi connectivity index (χ2n) is 5.02. The van der Waals surface area contributed by atoms with E-state index in [2.05, 4.69) is 0 Å². The van der Waals surface area contributed by atoms with Crippen molar-refractivity contribution in [2.24, 2.45) is 11.7 Å². The standard InChI is InChI=1S/C13H16FN3O2S.ClH/c1-9(16)10-4-5-17(8-10)20(18,19)12-2-3-13(14)11(6-12)7-15;/h2-3,6,9-10H,4-5,8,16H2,1H3;1H. The van der Waals surface area contributed by atoms with Gasteiger partial charge in [-0.1, -0.05) is 0 Å². The summed E-state index contributed by atoms with van der Waals surface area (Å²) in [7, 11) is -3.69. The number of rotatable bonds is 3. The summed E-state index contributed by atoms with van der Waals surface area (Å²) >= 11 is 0. The second kappa shape index (κ2) is 6.71. The highest BCUT2D eigenvalue weighted by molar-refractivity contribution is 7.89. The summed E-state index contributed by atoms with van der Waals surface area (Å²) in [6.45, 7) is 2.61. The molecule has 1 aromatic rings. The van der Waals surface area contributed by atoms with Crippen LogP contribution in [0.5, 0.6) is 0 Å². The minimum atomic E-state index is -3.69. The van der Waals surface area contributed by atoms with E-state index in [1.165, 1.54) is 10.4 Å². The topological polar surface area (TPSA) is 87.2 Å². The van der Waals surface area contributed by atoms with E-state index in [4.69, 9.17) is 11.0 Å². The largest absolute Gasteiger partial charge is 0.328 e. The molecule has 2 atom stereocenters. The predicted molar refractivity (Wildman–Crippen MR) is 78.9 cm³/mol. The normalized spacial score (nSPS) is 20.6. The zero-order valence-electron chi connectivity index (χ0n) is 11.5. The van der Waals surface area contributed by atoms with Crippen LogP contribution >= 0.6 is 12.4 Å². The average Bonchev–Trinajstić information content (AvgIpc) is 2.89. The molecule has 2 rings (SSSR count). The molecule has 0 spiro atoms. The Morgan fingerprint density at radius 1 is 1.52 bits per heavy atom. The van der Waals surface area contributed by atoms with Gasteiger partial charge in [0, 0.05) is 19.1 Å². The minimum Gasteiger partial charge on any atom is -0.328 e. The Bertz CT molecular complexity index is 658. The first-order chi connectivity index (χ1) is 9.36. The van der Waals surface area contributed by atoms with E-state index in [0.29, 0.717) is 19.5 Å². The van der Waals surface area contributed by atoms with Crippen molar-refractivity contribution in [1.29, 1.82) is 5.26 Å². The molecule has 1 fully saturated rings. The summed E-state index contributed by atoms with van der Waals surface area (Å²) in [6.07, 6.45) is 0.712. The molecule has 2 unspecified atom stereocenters. The maximum Gasteiger partial charge on any atom is 0.243 e. The first kappa shape index (κ1) is 17.9. The molecule has 1 aliphatic rings. The quantitative estimate of drug-likeness (QED) is 0.907. The number of hydrogen-bond acceptors (Lipinski definition) is 4. The Balaban J connectivity index is 0.00000220. The van der Waals surface area contributed by atoms with Gasteiger partial charge in [0.1, 0.15) is 11.9 Å². The van der Waals surface area contributed by atoms with Gasteiger partial charge in [0.05, 0.1) is 10.5 Å². The summed E-state index contributed by atoms with van der Waals surface area (Å²) in [5.74, 6) is -0.595. The van der Waals surface area contributed by atoms with E-state index >= 15 is 0 Å². The molecule has 0 saturated carbocycles. The first-order valence-electron chi connectivity index (χ1n) is 6.31. The number of benzene rings is 1. The van der Waals surface area contributed by atoms with E-state index in [1.54, 1.807) is 6.07 Å². The third-order valence-electron chi connectivity index (χ3n) is 3.63. The molecule has 0 aliphatic carbocycles. The zero-order chi connectivity index (χ0) is 14.9. The SMILES string of the molecule is CC(N)C1CCN(S(=O)(=O)c2ccc(F)c(C#N)c2)C1.Cl. The molecule has 1 saturated heterocycles. The Morgan fingerprint density at radius 2 is 2.19 bits per heavy atom. The van der Waals surface area contributed by atoms with E-state index in [9.17, 15) is 12.8 Å². The van der Waals surface area contributed by atoms with Crippen LogP contribution in [0.25, 0.3) is 0 Å². The molecule has 8 heteroatoms. The maximum absolute atomic E-state index is 13.3. The van der Waals surface area contributed by atoms with Crippen molar-refractivity contribution >= 4 is 22.4 Å². The summed E-state index contributed by atoms with van der Waals surface area (Å²) in [5.41, 5.74) is 5.52. The molecule has 2 N–H and O–H groups in total. The Hall–Kier alpha value is -1.20. The third kappa shape index (κ3) is 3.52. The van der Waals surface area contributed by atoms with Gasteiger partial charge in [-0.2, -0.15) is 9.57 Å². The third-order valence-corrected chi connectivity index (χ3v) is 5.49. The van der Waals surface area contributed by atoms with Crippen LogP contribution < -0.4 is 5.73 Å². The smallest absolute Gasteiger partial charge is 0.243 e. The van der Waals surface area contributed by atoms with Gasteiger partial charge in [0.2, 0.25) is 10.0 Å². The molecule has 1 aliphatic heterocycles. The van der Waals surface area contributed by atoms with Gasteiger partial charge in [0.25, 0.3) is 0 Å². The minimum absolute atomic E-state index is 0. The first-order valence-corrected chi connectivity index (χ1v) is 7.75. The van der Waals surface area contributed by atoms with Gasteiger partial charge in [-0.15, -0.1) is 12.4 Å². The highest BCUT2D eigenvalue weighted by Crippen LogP contribution is 2.26. The van der Waals surface area contributed by atoms with Crippen LogP contribution in [0, 0.1) is 23.1 Å². The van der Waals surface area contributed by atoms with Crippen LogP contribution in [0.1, 0.15) is 18.9 Å². The average molecular weight is 334 g/mol. The number of sulfonamides is 1. The van der Waals surface area contributed by atoms with Crippen LogP contribution in [0.2, 0.25) is 0 Å². The molecule has 5 nitrogen and oxygen atoms in total. The zero-order valence-corrected chi connectivity index (χ0v) is 13.1. The number of halogens is 2. The maximum atomic E-state index is 13.3. The number of nitriles is 1.